The van der Waals surface area contributed by atoms with Crippen molar-refractivity contribution in [1.82, 2.24) is 10.2 Å². The second-order valence-electron chi connectivity index (χ2n) is 5.10. The fourth-order valence-corrected chi connectivity index (χ4v) is 4.55. The van der Waals surface area contributed by atoms with E-state index in [-0.39, 0.29) is 5.41 Å². The lowest BCUT2D eigenvalue weighted by molar-refractivity contribution is 0.574. The Morgan fingerprint density at radius 2 is 1.94 bits per heavy atom. The van der Waals surface area contributed by atoms with E-state index in [1.807, 2.05) is 20.8 Å². The zero-order valence-corrected chi connectivity index (χ0v) is 11.8. The van der Waals surface area contributed by atoms with Crippen LogP contribution < -0.4 is 5.73 Å². The molecule has 0 bridgehead atoms. The number of aromatic nitrogens is 2. The molecule has 0 saturated carbocycles. The van der Waals surface area contributed by atoms with Gasteiger partial charge < -0.3 is 5.73 Å². The van der Waals surface area contributed by atoms with Crippen LogP contribution in [0.4, 0.5) is 5.82 Å². The van der Waals surface area contributed by atoms with Gasteiger partial charge in [-0.1, -0.05) is 20.8 Å². The van der Waals surface area contributed by atoms with Gasteiger partial charge in [0.25, 0.3) is 0 Å². The summed E-state index contributed by atoms with van der Waals surface area (Å²) in [5.74, 6) is 0.427. The maximum Gasteiger partial charge on any atom is 0.185 e. The predicted octanol–water partition coefficient (Wildman–Crippen LogP) is 1.91. The van der Waals surface area contributed by atoms with Gasteiger partial charge in [-0.05, 0) is 5.41 Å². The molecule has 94 valence electrons. The lowest BCUT2D eigenvalue weighted by Gasteiger charge is -2.19. The molecule has 7 heteroatoms. The predicted molar refractivity (Wildman–Crippen MR) is 70.2 cm³/mol. The van der Waals surface area contributed by atoms with E-state index in [2.05, 4.69) is 10.2 Å². The smallest absolute Gasteiger partial charge is 0.185 e. The van der Waals surface area contributed by atoms with Crippen LogP contribution in [0.15, 0.2) is 4.21 Å². The average molecular weight is 273 g/mol. The summed E-state index contributed by atoms with van der Waals surface area (Å²) < 4.78 is 24.0. The van der Waals surface area contributed by atoms with E-state index >= 15 is 0 Å². The second kappa shape index (κ2) is 3.46. The molecule has 0 fully saturated rings. The molecule has 0 radical (unpaired) electrons. The summed E-state index contributed by atoms with van der Waals surface area (Å²) in [6.45, 7) is 5.90. The Morgan fingerprint density at radius 3 is 2.41 bits per heavy atom. The molecule has 0 atom stereocenters. The molecule has 0 unspecified atom stereocenters. The number of thiophene rings is 1. The third-order valence-corrected chi connectivity index (χ3v) is 5.41. The first-order valence-corrected chi connectivity index (χ1v) is 7.80. The van der Waals surface area contributed by atoms with Crippen LogP contribution in [-0.2, 0) is 15.3 Å². The first kappa shape index (κ1) is 12.4. The zero-order valence-electron chi connectivity index (χ0n) is 10.2. The molecule has 0 aliphatic carbocycles. The number of nitrogen functional groups attached to an aromatic ring is 1. The van der Waals surface area contributed by atoms with Gasteiger partial charge in [0.05, 0.1) is 5.39 Å². The van der Waals surface area contributed by atoms with Gasteiger partial charge in [0.2, 0.25) is 0 Å². The monoisotopic (exact) mass is 273 g/mol. The molecule has 5 nitrogen and oxygen atoms in total. The first-order chi connectivity index (χ1) is 7.62. The fourth-order valence-electron chi connectivity index (χ4n) is 1.84. The number of H-pyrrole nitrogens is 1. The molecular formula is C10H15N3O2S2. The minimum Gasteiger partial charge on any atom is -0.384 e. The van der Waals surface area contributed by atoms with Crippen molar-refractivity contribution in [3.05, 3.63) is 5.56 Å². The molecule has 2 heterocycles. The van der Waals surface area contributed by atoms with E-state index in [1.54, 1.807) is 0 Å². The summed E-state index contributed by atoms with van der Waals surface area (Å²) in [5, 5.41) is 7.46. The quantitative estimate of drug-likeness (QED) is 0.830. The molecule has 0 aliphatic rings. The Hall–Kier alpha value is -1.08. The Bertz CT molecular complexity index is 674. The molecule has 2 aromatic heterocycles. The highest BCUT2D eigenvalue weighted by Gasteiger charge is 2.30. The number of aromatic amines is 1. The van der Waals surface area contributed by atoms with Crippen LogP contribution in [-0.4, -0.2) is 24.9 Å². The van der Waals surface area contributed by atoms with Crippen LogP contribution in [0.5, 0.6) is 0 Å². The molecule has 0 saturated heterocycles. The van der Waals surface area contributed by atoms with Crippen LogP contribution in [0.2, 0.25) is 0 Å². The van der Waals surface area contributed by atoms with E-state index in [0.717, 1.165) is 10.9 Å². The van der Waals surface area contributed by atoms with E-state index in [0.29, 0.717) is 14.9 Å². The number of nitrogens with two attached hydrogens (primary N) is 1. The molecule has 0 aliphatic heterocycles. The van der Waals surface area contributed by atoms with Crippen molar-refractivity contribution >= 4 is 37.2 Å². The van der Waals surface area contributed by atoms with Crippen molar-refractivity contribution in [2.45, 2.75) is 30.4 Å². The number of rotatable bonds is 1. The standard InChI is InChI=1S/C10H15N3O2S2/c1-10(2,3)6-5-7(11)12-13-8(5)16-9(6)17(4,14)15/h1-4H3,(H3,11,12,13). The summed E-state index contributed by atoms with van der Waals surface area (Å²) >= 11 is 1.17. The van der Waals surface area contributed by atoms with E-state index in [1.165, 1.54) is 17.6 Å². The topological polar surface area (TPSA) is 88.8 Å². The average Bonchev–Trinajstić information content (AvgIpc) is 2.63. The van der Waals surface area contributed by atoms with Gasteiger partial charge in [-0.15, -0.1) is 11.3 Å². The van der Waals surface area contributed by atoms with Crippen LogP contribution in [0.1, 0.15) is 26.3 Å². The summed E-state index contributed by atoms with van der Waals surface area (Å²) in [6, 6.07) is 0. The SMILES string of the molecule is CC(C)(C)c1c(S(C)(=O)=O)sc2n[nH]c(N)c12. The molecule has 2 rings (SSSR count). The van der Waals surface area contributed by atoms with Crippen molar-refractivity contribution in [2.24, 2.45) is 0 Å². The van der Waals surface area contributed by atoms with Gasteiger partial charge >= 0.3 is 0 Å². The molecule has 3 N–H and O–H groups in total. The molecule has 17 heavy (non-hydrogen) atoms. The van der Waals surface area contributed by atoms with Crippen LogP contribution in [0.25, 0.3) is 10.2 Å². The Morgan fingerprint density at radius 1 is 1.35 bits per heavy atom. The maximum absolute atomic E-state index is 11.8. The molecule has 0 amide bonds. The van der Waals surface area contributed by atoms with Crippen LogP contribution >= 0.6 is 11.3 Å². The third kappa shape index (κ3) is 1.93. The van der Waals surface area contributed by atoms with Crippen molar-refractivity contribution < 1.29 is 8.42 Å². The highest BCUT2D eigenvalue weighted by atomic mass is 32.2. The minimum absolute atomic E-state index is 0.297. The van der Waals surface area contributed by atoms with Gasteiger partial charge in [0.15, 0.2) is 9.84 Å². The van der Waals surface area contributed by atoms with Crippen LogP contribution in [0.3, 0.4) is 0 Å². The number of hydrogen-bond donors (Lipinski definition) is 2. The molecule has 0 aromatic carbocycles. The van der Waals surface area contributed by atoms with Crippen molar-refractivity contribution in [3.63, 3.8) is 0 Å². The van der Waals surface area contributed by atoms with Gasteiger partial charge in [-0.3, -0.25) is 5.10 Å². The number of sulfone groups is 1. The van der Waals surface area contributed by atoms with Crippen molar-refractivity contribution in [3.8, 4) is 0 Å². The van der Waals surface area contributed by atoms with Crippen LogP contribution in [0, 0.1) is 0 Å². The van der Waals surface area contributed by atoms with Crippen molar-refractivity contribution in [1.29, 1.82) is 0 Å². The highest BCUT2D eigenvalue weighted by molar-refractivity contribution is 7.93. The van der Waals surface area contributed by atoms with Gasteiger partial charge in [-0.2, -0.15) is 5.10 Å². The first-order valence-electron chi connectivity index (χ1n) is 5.09. The number of anilines is 1. The normalized spacial score (nSPS) is 13.4. The van der Waals surface area contributed by atoms with Gasteiger partial charge in [0, 0.05) is 11.8 Å². The lowest BCUT2D eigenvalue weighted by atomic mass is 9.87. The Labute approximate surface area is 104 Å². The lowest BCUT2D eigenvalue weighted by Crippen LogP contribution is -2.15. The summed E-state index contributed by atoms with van der Waals surface area (Å²) in [6.07, 6.45) is 1.22. The molecule has 2 aromatic rings. The largest absolute Gasteiger partial charge is 0.384 e. The summed E-state index contributed by atoms with van der Waals surface area (Å²) in [5.41, 5.74) is 6.28. The number of fused-ring (bicyclic) bond motifs is 1. The Balaban J connectivity index is 2.96. The number of nitrogens with one attached hydrogen (secondary N) is 1. The summed E-state index contributed by atoms with van der Waals surface area (Å²) in [4.78, 5) is 0.646. The van der Waals surface area contributed by atoms with Gasteiger partial charge in [0.1, 0.15) is 14.9 Å². The van der Waals surface area contributed by atoms with Crippen molar-refractivity contribution in [2.75, 3.05) is 12.0 Å². The fraction of sp³-hybridized carbons (Fsp3) is 0.500. The minimum atomic E-state index is -3.26. The maximum atomic E-state index is 11.8. The molecule has 0 spiro atoms. The van der Waals surface area contributed by atoms with E-state index in [4.69, 9.17) is 5.73 Å². The zero-order chi connectivity index (χ0) is 13.0. The highest BCUT2D eigenvalue weighted by Crippen LogP contribution is 2.42. The van der Waals surface area contributed by atoms with E-state index in [9.17, 15) is 8.42 Å². The number of hydrogen-bond acceptors (Lipinski definition) is 5. The van der Waals surface area contributed by atoms with Gasteiger partial charge in [-0.25, -0.2) is 8.42 Å². The second-order valence-corrected chi connectivity index (χ2v) is 8.31. The van der Waals surface area contributed by atoms with E-state index < -0.39 is 9.84 Å². The third-order valence-electron chi connectivity index (χ3n) is 2.49. The molecular weight excluding hydrogens is 258 g/mol. The summed E-state index contributed by atoms with van der Waals surface area (Å²) in [7, 11) is -3.26. The number of nitrogens with zero attached hydrogens (tertiary/aromatic N) is 1. The Kier molecular flexibility index (Phi) is 2.52.